The van der Waals surface area contributed by atoms with Gasteiger partial charge in [-0.2, -0.15) is 0 Å². The summed E-state index contributed by atoms with van der Waals surface area (Å²) in [6.45, 7) is 0. The molecule has 0 aromatic rings. The summed E-state index contributed by atoms with van der Waals surface area (Å²) in [7, 11) is 0. The summed E-state index contributed by atoms with van der Waals surface area (Å²) in [6, 6.07) is 0. The summed E-state index contributed by atoms with van der Waals surface area (Å²) in [6.07, 6.45) is 0. The molecule has 0 fully saturated rings. The average molecular weight is 322 g/mol. The molecule has 0 saturated carbocycles. The third-order valence-electron chi connectivity index (χ3n) is 0. The molecule has 0 saturated heterocycles. The van der Waals surface area contributed by atoms with Crippen LogP contribution in [0.4, 0.5) is 0 Å². The van der Waals surface area contributed by atoms with Gasteiger partial charge in [0, 0.05) is 0 Å². The van der Waals surface area contributed by atoms with Gasteiger partial charge in [-0.3, -0.25) is 0 Å². The molecule has 0 unspecified atom stereocenters. The molecule has 0 atom stereocenters. The Morgan fingerprint density at radius 3 is 0.429 bits per heavy atom. The van der Waals surface area contributed by atoms with Crippen LogP contribution in [0.3, 0.4) is 0 Å². The van der Waals surface area contributed by atoms with Crippen LogP contribution in [0, 0.1) is 0 Å². The third-order valence-corrected chi connectivity index (χ3v) is 0. The predicted molar refractivity (Wildman–Crippen MR) is 10.8 cm³/mol. The van der Waals surface area contributed by atoms with Crippen molar-refractivity contribution in [1.29, 1.82) is 0 Å². The van der Waals surface area contributed by atoms with Crippen molar-refractivity contribution in [3.8, 4) is 0 Å². The van der Waals surface area contributed by atoms with E-state index >= 15 is 0 Å². The van der Waals surface area contributed by atoms with Gasteiger partial charge in [0.1, 0.15) is 0 Å². The molecule has 0 bridgehead atoms. The Hall–Kier alpha value is 2.53. The minimum absolute atomic E-state index is 0. The number of hydrogen-bond donors (Lipinski definition) is 0. The smallest absolute Gasteiger partial charge is 1.00 e. The summed E-state index contributed by atoms with van der Waals surface area (Å²) in [5.74, 6) is 0. The summed E-state index contributed by atoms with van der Waals surface area (Å²) in [5, 5.41) is 0. The van der Waals surface area contributed by atoms with Gasteiger partial charge in [0.05, 0.1) is 0 Å². The zero-order valence-electron chi connectivity index (χ0n) is 4.26. The first-order chi connectivity index (χ1) is 0. The second kappa shape index (κ2) is 75.4. The molecule has 0 rings (SSSR count). The second-order valence-corrected chi connectivity index (χ2v) is 0. The van der Waals surface area contributed by atoms with Crippen molar-refractivity contribution < 1.29 is 102 Å². The van der Waals surface area contributed by atoms with E-state index in [1.807, 2.05) is 0 Å². The number of halogens is 2. The van der Waals surface area contributed by atoms with Gasteiger partial charge in [-0.25, -0.2) is 0 Å². The Bertz CT molecular complexity index is 10.9. The topological polar surface area (TPSA) is 94.5 Å². The normalized spacial score (nSPS) is 0. The van der Waals surface area contributed by atoms with Gasteiger partial charge in [-0.1, -0.05) is 0 Å². The fraction of sp³-hybridized carbons (Fsp3) is 0. The molecular formula is H6I2Li2O3. The summed E-state index contributed by atoms with van der Waals surface area (Å²) in [5.41, 5.74) is 0. The summed E-state index contributed by atoms with van der Waals surface area (Å²) >= 11 is 0. The van der Waals surface area contributed by atoms with E-state index in [1.54, 1.807) is 0 Å². The van der Waals surface area contributed by atoms with Gasteiger partial charge in [-0.15, -0.1) is 0 Å². The first-order valence-corrected chi connectivity index (χ1v) is 0. The van der Waals surface area contributed by atoms with Crippen molar-refractivity contribution in [3.63, 3.8) is 0 Å². The maximum absolute atomic E-state index is 0. The van der Waals surface area contributed by atoms with Gasteiger partial charge in [0.15, 0.2) is 0 Å². The van der Waals surface area contributed by atoms with Gasteiger partial charge >= 0.3 is 37.7 Å². The molecule has 6 N–H and O–H groups in total. The molecule has 0 heterocycles. The van der Waals surface area contributed by atoms with Crippen LogP contribution in [-0.2, 0) is 0 Å². The van der Waals surface area contributed by atoms with E-state index in [0.29, 0.717) is 0 Å². The standard InChI is InChI=1S/2HI.2Li.3H2O/h2*1H;;;3*1H2/q;;2*+1;;;/p-2. The van der Waals surface area contributed by atoms with E-state index in [-0.39, 0.29) is 102 Å². The van der Waals surface area contributed by atoms with Crippen molar-refractivity contribution >= 4 is 0 Å². The van der Waals surface area contributed by atoms with E-state index in [0.717, 1.165) is 0 Å². The van der Waals surface area contributed by atoms with Gasteiger partial charge in [0.2, 0.25) is 0 Å². The third kappa shape index (κ3) is 56.7. The van der Waals surface area contributed by atoms with Crippen molar-refractivity contribution in [1.82, 2.24) is 0 Å². The van der Waals surface area contributed by atoms with Crippen LogP contribution in [-0.4, -0.2) is 16.4 Å². The van der Waals surface area contributed by atoms with Crippen LogP contribution in [0.25, 0.3) is 0 Å². The van der Waals surface area contributed by atoms with Crippen molar-refractivity contribution in [3.05, 3.63) is 0 Å². The van der Waals surface area contributed by atoms with Gasteiger partial charge in [-0.05, 0) is 0 Å². The number of rotatable bonds is 0. The minimum atomic E-state index is 0. The fourth-order valence-corrected chi connectivity index (χ4v) is 0. The zero-order chi connectivity index (χ0) is 0. The maximum atomic E-state index is 0. The molecule has 0 aromatic heterocycles. The van der Waals surface area contributed by atoms with Crippen molar-refractivity contribution in [2.45, 2.75) is 0 Å². The SMILES string of the molecule is O.O.O.[I-].[I-].[Li+].[Li+]. The maximum Gasteiger partial charge on any atom is 1.00 e. The van der Waals surface area contributed by atoms with Gasteiger partial charge in [0.25, 0.3) is 0 Å². The van der Waals surface area contributed by atoms with Crippen LogP contribution >= 0.6 is 0 Å². The summed E-state index contributed by atoms with van der Waals surface area (Å²) in [4.78, 5) is 0. The molecular weight excluding hydrogens is 316 g/mol. The monoisotopic (exact) mass is 322 g/mol. The van der Waals surface area contributed by atoms with Crippen LogP contribution < -0.4 is 85.7 Å². The molecule has 0 aliphatic heterocycles. The van der Waals surface area contributed by atoms with Crippen LogP contribution in [0.2, 0.25) is 0 Å². The van der Waals surface area contributed by atoms with E-state index in [2.05, 4.69) is 0 Å². The average Bonchev–Trinajstić information content (AvgIpc) is 0. The predicted octanol–water partition coefficient (Wildman–Crippen LogP) is -14.5. The molecule has 3 nitrogen and oxygen atoms in total. The van der Waals surface area contributed by atoms with E-state index < -0.39 is 0 Å². The molecule has 40 valence electrons. The molecule has 0 aliphatic rings. The second-order valence-electron chi connectivity index (χ2n) is 0. The Balaban J connectivity index is 0. The van der Waals surface area contributed by atoms with Gasteiger partial charge < -0.3 is 64.4 Å². The van der Waals surface area contributed by atoms with Crippen LogP contribution in [0.5, 0.6) is 0 Å². The zero-order valence-corrected chi connectivity index (χ0v) is 8.57. The van der Waals surface area contributed by atoms with E-state index in [1.165, 1.54) is 0 Å². The quantitative estimate of drug-likeness (QED) is 0.313. The molecule has 0 radical (unpaired) electrons. The Morgan fingerprint density at radius 2 is 0.429 bits per heavy atom. The minimum Gasteiger partial charge on any atom is -1.00 e. The summed E-state index contributed by atoms with van der Waals surface area (Å²) < 4.78 is 0. The Labute approximate surface area is 101 Å². The van der Waals surface area contributed by atoms with Crippen LogP contribution in [0.1, 0.15) is 0 Å². The van der Waals surface area contributed by atoms with E-state index in [4.69, 9.17) is 0 Å². The van der Waals surface area contributed by atoms with Crippen molar-refractivity contribution in [2.75, 3.05) is 0 Å². The van der Waals surface area contributed by atoms with E-state index in [9.17, 15) is 0 Å². The largest absolute Gasteiger partial charge is 1.00 e. The molecule has 7 heteroatoms. The first-order valence-electron chi connectivity index (χ1n) is 0. The molecule has 0 aliphatic carbocycles. The fourth-order valence-electron chi connectivity index (χ4n) is 0. The Morgan fingerprint density at radius 1 is 0.429 bits per heavy atom. The molecule has 0 aromatic carbocycles. The Kier molecular flexibility index (Phi) is 1160. The molecule has 0 spiro atoms. The first kappa shape index (κ1) is 108. The molecule has 0 amide bonds. The van der Waals surface area contributed by atoms with Crippen molar-refractivity contribution in [2.24, 2.45) is 0 Å². The van der Waals surface area contributed by atoms with Crippen LogP contribution in [0.15, 0.2) is 0 Å². The number of hydrogen-bond acceptors (Lipinski definition) is 0. The molecule has 7 heavy (non-hydrogen) atoms.